The van der Waals surface area contributed by atoms with Crippen LogP contribution >= 0.6 is 0 Å². The number of nitrogens with two attached hydrogens (primary N) is 1. The predicted molar refractivity (Wildman–Crippen MR) is 112 cm³/mol. The molecule has 1 unspecified atom stereocenters. The van der Waals surface area contributed by atoms with Crippen LogP contribution in [0.5, 0.6) is 0 Å². The second kappa shape index (κ2) is 9.36. The Morgan fingerprint density at radius 1 is 1.10 bits per heavy atom. The topological polar surface area (TPSA) is 101 Å². The van der Waals surface area contributed by atoms with Gasteiger partial charge in [-0.2, -0.15) is 4.31 Å². The highest BCUT2D eigenvalue weighted by molar-refractivity contribution is 7.89. The Bertz CT molecular complexity index is 1050. The maximum absolute atomic E-state index is 13.6. The monoisotopic (exact) mass is 435 g/mol. The third-order valence-electron chi connectivity index (χ3n) is 4.92. The van der Waals surface area contributed by atoms with E-state index in [1.165, 1.54) is 41.7 Å². The molecule has 0 heterocycles. The van der Waals surface area contributed by atoms with Gasteiger partial charge in [-0.05, 0) is 42.3 Å². The Labute approximate surface area is 176 Å². The number of rotatable bonds is 8. The molecule has 0 bridgehead atoms. The minimum absolute atomic E-state index is 0.0186. The standard InChI is InChI=1S/C21H26FN3O4S/c1-5-25(6-2)30(28,29)17-11-10-14(3)18(13-17)21(27)24(4)19(20(23)26)15-8-7-9-16(22)12-15/h7-13,19H,5-6H2,1-4H3,(H2,23,26). The van der Waals surface area contributed by atoms with E-state index < -0.39 is 33.7 Å². The molecule has 0 fully saturated rings. The van der Waals surface area contributed by atoms with Gasteiger partial charge < -0.3 is 10.6 Å². The van der Waals surface area contributed by atoms with Gasteiger partial charge >= 0.3 is 0 Å². The van der Waals surface area contributed by atoms with Crippen molar-refractivity contribution in [3.05, 3.63) is 65.0 Å². The summed E-state index contributed by atoms with van der Waals surface area (Å²) >= 11 is 0. The van der Waals surface area contributed by atoms with Crippen molar-refractivity contribution in [3.8, 4) is 0 Å². The number of amides is 2. The van der Waals surface area contributed by atoms with Gasteiger partial charge in [-0.25, -0.2) is 12.8 Å². The van der Waals surface area contributed by atoms with Crippen LogP contribution < -0.4 is 5.73 Å². The molecule has 2 amide bonds. The van der Waals surface area contributed by atoms with Gasteiger partial charge in [0.2, 0.25) is 15.9 Å². The highest BCUT2D eigenvalue weighted by Crippen LogP contribution is 2.25. The van der Waals surface area contributed by atoms with E-state index in [1.807, 2.05) is 0 Å². The van der Waals surface area contributed by atoms with Crippen LogP contribution in [-0.2, 0) is 14.8 Å². The molecule has 2 aromatic carbocycles. The van der Waals surface area contributed by atoms with E-state index in [9.17, 15) is 22.4 Å². The molecule has 7 nitrogen and oxygen atoms in total. The van der Waals surface area contributed by atoms with Gasteiger partial charge in [0.15, 0.2) is 0 Å². The molecule has 0 saturated carbocycles. The molecular weight excluding hydrogens is 409 g/mol. The average molecular weight is 436 g/mol. The van der Waals surface area contributed by atoms with Crippen molar-refractivity contribution in [3.63, 3.8) is 0 Å². The number of aryl methyl sites for hydroxylation is 1. The van der Waals surface area contributed by atoms with Crippen LogP contribution in [0.15, 0.2) is 47.4 Å². The zero-order valence-corrected chi connectivity index (χ0v) is 18.2. The van der Waals surface area contributed by atoms with E-state index >= 15 is 0 Å². The van der Waals surface area contributed by atoms with Crippen molar-refractivity contribution in [2.24, 2.45) is 5.73 Å². The summed E-state index contributed by atoms with van der Waals surface area (Å²) in [6, 6.07) is 8.33. The first-order valence-corrected chi connectivity index (χ1v) is 10.9. The summed E-state index contributed by atoms with van der Waals surface area (Å²) in [6.07, 6.45) is 0. The number of carbonyl (C=O) groups is 2. The lowest BCUT2D eigenvalue weighted by molar-refractivity contribution is -0.122. The minimum Gasteiger partial charge on any atom is -0.368 e. The summed E-state index contributed by atoms with van der Waals surface area (Å²) in [6.45, 7) is 5.70. The summed E-state index contributed by atoms with van der Waals surface area (Å²) in [5, 5.41) is 0. The quantitative estimate of drug-likeness (QED) is 0.688. The molecule has 0 aromatic heterocycles. The number of nitrogens with zero attached hydrogens (tertiary/aromatic N) is 2. The summed E-state index contributed by atoms with van der Waals surface area (Å²) in [7, 11) is -2.40. The average Bonchev–Trinajstić information content (AvgIpc) is 2.68. The SMILES string of the molecule is CCN(CC)S(=O)(=O)c1ccc(C)c(C(=O)N(C)C(C(N)=O)c2cccc(F)c2)c1. The van der Waals surface area contributed by atoms with Crippen LogP contribution in [0.25, 0.3) is 0 Å². The van der Waals surface area contributed by atoms with Crippen molar-refractivity contribution >= 4 is 21.8 Å². The van der Waals surface area contributed by atoms with Gasteiger partial charge in [0.25, 0.3) is 5.91 Å². The van der Waals surface area contributed by atoms with Crippen LogP contribution in [0.4, 0.5) is 4.39 Å². The molecule has 0 spiro atoms. The summed E-state index contributed by atoms with van der Waals surface area (Å²) in [4.78, 5) is 26.3. The molecule has 1 atom stereocenters. The number of carbonyl (C=O) groups excluding carboxylic acids is 2. The van der Waals surface area contributed by atoms with E-state index in [1.54, 1.807) is 26.8 Å². The van der Waals surface area contributed by atoms with E-state index in [-0.39, 0.29) is 16.0 Å². The van der Waals surface area contributed by atoms with Crippen LogP contribution in [0.3, 0.4) is 0 Å². The highest BCUT2D eigenvalue weighted by Gasteiger charge is 2.30. The fourth-order valence-corrected chi connectivity index (χ4v) is 4.75. The van der Waals surface area contributed by atoms with Crippen molar-refractivity contribution in [2.45, 2.75) is 31.7 Å². The summed E-state index contributed by atoms with van der Waals surface area (Å²) in [5.41, 5.74) is 6.37. The second-order valence-corrected chi connectivity index (χ2v) is 8.78. The molecule has 30 heavy (non-hydrogen) atoms. The Balaban J connectivity index is 2.50. The van der Waals surface area contributed by atoms with Gasteiger partial charge in [-0.1, -0.05) is 32.0 Å². The maximum atomic E-state index is 13.6. The predicted octanol–water partition coefficient (Wildman–Crippen LogP) is 2.46. The minimum atomic E-state index is -3.77. The first-order chi connectivity index (χ1) is 14.0. The molecule has 2 aromatic rings. The van der Waals surface area contributed by atoms with Crippen LogP contribution in [0, 0.1) is 12.7 Å². The zero-order chi connectivity index (χ0) is 22.6. The number of halogens is 1. The van der Waals surface area contributed by atoms with Crippen LogP contribution in [0.1, 0.15) is 41.4 Å². The van der Waals surface area contributed by atoms with Gasteiger partial charge in [-0.15, -0.1) is 0 Å². The lowest BCUT2D eigenvalue weighted by atomic mass is 10.0. The molecule has 9 heteroatoms. The summed E-state index contributed by atoms with van der Waals surface area (Å²) in [5.74, 6) is -2.00. The van der Waals surface area contributed by atoms with Gasteiger partial charge in [0.05, 0.1) is 4.90 Å². The Morgan fingerprint density at radius 3 is 2.27 bits per heavy atom. The summed E-state index contributed by atoms with van der Waals surface area (Å²) < 4.78 is 40.6. The van der Waals surface area contributed by atoms with E-state index in [0.29, 0.717) is 18.7 Å². The first kappa shape index (κ1) is 23.5. The van der Waals surface area contributed by atoms with E-state index in [0.717, 1.165) is 11.0 Å². The van der Waals surface area contributed by atoms with Crippen molar-refractivity contribution in [2.75, 3.05) is 20.1 Å². The van der Waals surface area contributed by atoms with Gasteiger partial charge in [-0.3, -0.25) is 9.59 Å². The molecule has 2 rings (SSSR count). The van der Waals surface area contributed by atoms with Crippen molar-refractivity contribution in [1.82, 2.24) is 9.21 Å². The molecule has 0 aliphatic rings. The molecule has 0 aliphatic heterocycles. The van der Waals surface area contributed by atoms with Gasteiger partial charge in [0.1, 0.15) is 11.9 Å². The van der Waals surface area contributed by atoms with Crippen LogP contribution in [-0.4, -0.2) is 49.6 Å². The third kappa shape index (κ3) is 4.68. The maximum Gasteiger partial charge on any atom is 0.254 e. The number of hydrogen-bond acceptors (Lipinski definition) is 4. The van der Waals surface area contributed by atoms with E-state index in [4.69, 9.17) is 5.73 Å². The Hall–Kier alpha value is -2.78. The largest absolute Gasteiger partial charge is 0.368 e. The Morgan fingerprint density at radius 2 is 1.73 bits per heavy atom. The van der Waals surface area contributed by atoms with Crippen LogP contribution in [0.2, 0.25) is 0 Å². The Kier molecular flexibility index (Phi) is 7.33. The van der Waals surface area contributed by atoms with Crippen molar-refractivity contribution < 1.29 is 22.4 Å². The molecule has 0 radical (unpaired) electrons. The zero-order valence-electron chi connectivity index (χ0n) is 17.4. The number of likely N-dealkylation sites (N-methyl/N-ethyl adjacent to an activating group) is 1. The third-order valence-corrected chi connectivity index (χ3v) is 6.97. The molecule has 0 aliphatic carbocycles. The number of hydrogen-bond donors (Lipinski definition) is 1. The highest BCUT2D eigenvalue weighted by atomic mass is 32.2. The number of benzene rings is 2. The normalized spacial score (nSPS) is 12.6. The smallest absolute Gasteiger partial charge is 0.254 e. The van der Waals surface area contributed by atoms with Gasteiger partial charge in [0, 0.05) is 25.7 Å². The number of primary amides is 1. The fraction of sp³-hybridized carbons (Fsp3) is 0.333. The van der Waals surface area contributed by atoms with Crippen molar-refractivity contribution in [1.29, 1.82) is 0 Å². The molecule has 162 valence electrons. The van der Waals surface area contributed by atoms with E-state index in [2.05, 4.69) is 0 Å². The molecule has 0 saturated heterocycles. The first-order valence-electron chi connectivity index (χ1n) is 9.47. The second-order valence-electron chi connectivity index (χ2n) is 6.84. The number of sulfonamides is 1. The fourth-order valence-electron chi connectivity index (χ4n) is 3.27. The lowest BCUT2D eigenvalue weighted by Crippen LogP contribution is -2.39. The molecular formula is C21H26FN3O4S. The molecule has 2 N–H and O–H groups in total. The lowest BCUT2D eigenvalue weighted by Gasteiger charge is -2.27.